The molecular weight excluding hydrogens is 503 g/mol. The van der Waals surface area contributed by atoms with Gasteiger partial charge in [0.05, 0.1) is 17.2 Å². The van der Waals surface area contributed by atoms with E-state index in [1.54, 1.807) is 24.3 Å². The molecule has 2 saturated heterocycles. The molecule has 1 aromatic heterocycles. The van der Waals surface area contributed by atoms with Crippen molar-refractivity contribution in [3.63, 3.8) is 0 Å². The summed E-state index contributed by atoms with van der Waals surface area (Å²) in [5.41, 5.74) is 0.627. The highest BCUT2D eigenvalue weighted by Crippen LogP contribution is 2.40. The van der Waals surface area contributed by atoms with Gasteiger partial charge in [-0.3, -0.25) is 4.79 Å². The average molecular weight is 529 g/mol. The zero-order chi connectivity index (χ0) is 25.9. The fourth-order valence-electron chi connectivity index (χ4n) is 4.30. The third kappa shape index (κ3) is 5.85. The van der Waals surface area contributed by atoms with E-state index in [0.29, 0.717) is 23.6 Å². The lowest BCUT2D eigenvalue weighted by Crippen LogP contribution is -2.37. The number of cyclic esters (lactones) is 1. The number of halogens is 2. The molecule has 6 rings (SSSR count). The van der Waals surface area contributed by atoms with Crippen LogP contribution >= 0.6 is 11.6 Å². The van der Waals surface area contributed by atoms with Gasteiger partial charge < -0.3 is 24.6 Å². The van der Waals surface area contributed by atoms with Crippen LogP contribution in [0.3, 0.4) is 0 Å². The number of amides is 2. The maximum absolute atomic E-state index is 14.4. The SMILES string of the molecule is O=C(NCc1ccc(Cl)cc1)c1cc(O)c(-c2noc(C3CC3)n2)cc1F.O=C1OCC2CCCCN12. The largest absolute Gasteiger partial charge is 0.507 e. The van der Waals surface area contributed by atoms with Gasteiger partial charge in [0.1, 0.15) is 18.2 Å². The molecule has 2 amide bonds. The van der Waals surface area contributed by atoms with Gasteiger partial charge >= 0.3 is 6.09 Å². The highest BCUT2D eigenvalue weighted by molar-refractivity contribution is 6.30. The summed E-state index contributed by atoms with van der Waals surface area (Å²) in [6.45, 7) is 1.73. The zero-order valence-corrected chi connectivity index (χ0v) is 20.7. The Hall–Kier alpha value is -3.66. The van der Waals surface area contributed by atoms with Gasteiger partial charge in [0.2, 0.25) is 11.7 Å². The van der Waals surface area contributed by atoms with Crippen molar-refractivity contribution in [2.24, 2.45) is 0 Å². The first-order chi connectivity index (χ1) is 17.9. The average Bonchev–Trinajstić information content (AvgIpc) is 3.52. The van der Waals surface area contributed by atoms with E-state index in [1.807, 2.05) is 4.90 Å². The molecule has 3 heterocycles. The smallest absolute Gasteiger partial charge is 0.410 e. The predicted molar refractivity (Wildman–Crippen MR) is 132 cm³/mol. The number of nitrogens with zero attached hydrogens (tertiary/aromatic N) is 3. The Balaban J connectivity index is 0.000000233. The number of aromatic nitrogens is 2. The molecule has 0 radical (unpaired) electrons. The number of carbonyl (C=O) groups excluding carboxylic acids is 2. The second-order valence-corrected chi connectivity index (χ2v) is 9.75. The molecule has 3 aromatic rings. The fourth-order valence-corrected chi connectivity index (χ4v) is 4.43. The van der Waals surface area contributed by atoms with Crippen LogP contribution < -0.4 is 5.32 Å². The van der Waals surface area contributed by atoms with Crippen LogP contribution in [0.15, 0.2) is 40.9 Å². The minimum atomic E-state index is -0.783. The van der Waals surface area contributed by atoms with E-state index in [9.17, 15) is 19.1 Å². The first-order valence-corrected chi connectivity index (χ1v) is 12.6. The summed E-state index contributed by atoms with van der Waals surface area (Å²) in [5.74, 6) is -0.895. The number of hydrogen-bond donors (Lipinski definition) is 2. The normalized spacial score (nSPS) is 18.5. The number of aromatic hydroxyl groups is 1. The third-order valence-electron chi connectivity index (χ3n) is 6.57. The molecule has 194 valence electrons. The van der Waals surface area contributed by atoms with E-state index in [4.69, 9.17) is 20.9 Å². The Morgan fingerprint density at radius 2 is 1.97 bits per heavy atom. The molecule has 0 spiro atoms. The van der Waals surface area contributed by atoms with Gasteiger partial charge in [0.25, 0.3) is 5.91 Å². The molecule has 1 saturated carbocycles. The highest BCUT2D eigenvalue weighted by Gasteiger charge is 2.34. The summed E-state index contributed by atoms with van der Waals surface area (Å²) < 4.78 is 24.5. The summed E-state index contributed by atoms with van der Waals surface area (Å²) in [7, 11) is 0. The fraction of sp³-hybridized carbons (Fsp3) is 0.385. The second-order valence-electron chi connectivity index (χ2n) is 9.31. The van der Waals surface area contributed by atoms with Crippen molar-refractivity contribution in [3.8, 4) is 17.1 Å². The van der Waals surface area contributed by atoms with Crippen LogP contribution in [0.5, 0.6) is 5.75 Å². The maximum atomic E-state index is 14.4. The number of fused-ring (bicyclic) bond motifs is 1. The Labute approximate surface area is 217 Å². The van der Waals surface area contributed by atoms with E-state index in [1.165, 1.54) is 6.42 Å². The molecule has 1 atom stereocenters. The van der Waals surface area contributed by atoms with Crippen LogP contribution in [0.2, 0.25) is 5.02 Å². The molecule has 2 aromatic carbocycles. The molecule has 11 heteroatoms. The van der Waals surface area contributed by atoms with Gasteiger partial charge in [0.15, 0.2) is 0 Å². The monoisotopic (exact) mass is 528 g/mol. The standard InChI is InChI=1S/C19H15ClFN3O3.C7H11NO2/c20-12-5-1-10(2-6-12)9-22-18(26)13-8-16(25)14(7-15(13)21)17-23-19(27-24-17)11-3-4-11;9-7-8-4-2-1-3-6(8)5-10-7/h1-2,5-8,11,25H,3-4,9H2,(H,22,26);6H,1-5H2. The number of benzene rings is 2. The Morgan fingerprint density at radius 1 is 1.19 bits per heavy atom. The lowest BCUT2D eigenvalue weighted by atomic mass is 10.0. The van der Waals surface area contributed by atoms with Crippen LogP contribution in [0.1, 0.15) is 59.8 Å². The molecule has 0 bridgehead atoms. The van der Waals surface area contributed by atoms with Gasteiger partial charge in [0, 0.05) is 24.0 Å². The van der Waals surface area contributed by atoms with Crippen LogP contribution in [0.25, 0.3) is 11.4 Å². The molecule has 2 aliphatic heterocycles. The van der Waals surface area contributed by atoms with E-state index in [0.717, 1.165) is 49.9 Å². The lowest BCUT2D eigenvalue weighted by molar-refractivity contribution is 0.0946. The number of hydrogen-bond acceptors (Lipinski definition) is 7. The molecule has 37 heavy (non-hydrogen) atoms. The summed E-state index contributed by atoms with van der Waals surface area (Å²) in [6, 6.07) is 9.42. The molecule has 1 unspecified atom stereocenters. The number of nitrogens with one attached hydrogen (secondary N) is 1. The van der Waals surface area contributed by atoms with Gasteiger partial charge in [-0.05, 0) is 61.9 Å². The van der Waals surface area contributed by atoms with Crippen molar-refractivity contribution in [1.29, 1.82) is 0 Å². The predicted octanol–water partition coefficient (Wildman–Crippen LogP) is 5.03. The van der Waals surface area contributed by atoms with Crippen molar-refractivity contribution in [3.05, 3.63) is 64.3 Å². The van der Waals surface area contributed by atoms with Crippen molar-refractivity contribution in [2.75, 3.05) is 13.2 Å². The molecule has 3 aliphatic rings. The Bertz CT molecular complexity index is 1290. The quantitative estimate of drug-likeness (QED) is 0.476. The first kappa shape index (κ1) is 25.0. The number of carbonyl (C=O) groups is 2. The van der Waals surface area contributed by atoms with E-state index < -0.39 is 11.7 Å². The molecular formula is C26H26ClFN4O5. The van der Waals surface area contributed by atoms with E-state index in [-0.39, 0.29) is 41.3 Å². The minimum Gasteiger partial charge on any atom is -0.507 e. The van der Waals surface area contributed by atoms with Crippen molar-refractivity contribution in [1.82, 2.24) is 20.4 Å². The number of piperidine rings is 1. The topological polar surface area (TPSA) is 118 Å². The van der Waals surface area contributed by atoms with Crippen LogP contribution in [-0.4, -0.2) is 51.3 Å². The minimum absolute atomic E-state index is 0.0809. The van der Waals surface area contributed by atoms with E-state index in [2.05, 4.69) is 15.5 Å². The van der Waals surface area contributed by atoms with Crippen LogP contribution in [0.4, 0.5) is 9.18 Å². The second kappa shape index (κ2) is 10.8. The highest BCUT2D eigenvalue weighted by atomic mass is 35.5. The van der Waals surface area contributed by atoms with E-state index >= 15 is 0 Å². The van der Waals surface area contributed by atoms with Gasteiger partial charge in [-0.1, -0.05) is 28.9 Å². The molecule has 2 N–H and O–H groups in total. The zero-order valence-electron chi connectivity index (χ0n) is 20.0. The summed E-state index contributed by atoms with van der Waals surface area (Å²) in [6.07, 6.45) is 5.38. The summed E-state index contributed by atoms with van der Waals surface area (Å²) >= 11 is 5.81. The van der Waals surface area contributed by atoms with Crippen molar-refractivity contribution in [2.45, 2.75) is 50.6 Å². The Morgan fingerprint density at radius 3 is 2.70 bits per heavy atom. The van der Waals surface area contributed by atoms with Gasteiger partial charge in [-0.15, -0.1) is 0 Å². The summed E-state index contributed by atoms with van der Waals surface area (Å²) in [5, 5.41) is 17.2. The van der Waals surface area contributed by atoms with Crippen molar-refractivity contribution >= 4 is 23.6 Å². The van der Waals surface area contributed by atoms with Crippen molar-refractivity contribution < 1.29 is 28.3 Å². The molecule has 1 aliphatic carbocycles. The summed E-state index contributed by atoms with van der Waals surface area (Å²) in [4.78, 5) is 29.2. The first-order valence-electron chi connectivity index (χ1n) is 12.2. The van der Waals surface area contributed by atoms with Gasteiger partial charge in [-0.2, -0.15) is 4.98 Å². The number of ether oxygens (including phenoxy) is 1. The number of phenolic OH excluding ortho intramolecular Hbond substituents is 1. The lowest BCUT2D eigenvalue weighted by Gasteiger charge is -2.25. The van der Waals surface area contributed by atoms with Gasteiger partial charge in [-0.25, -0.2) is 9.18 Å². The number of rotatable bonds is 5. The maximum Gasteiger partial charge on any atom is 0.410 e. The van der Waals surface area contributed by atoms with Crippen LogP contribution in [-0.2, 0) is 11.3 Å². The third-order valence-corrected chi connectivity index (χ3v) is 6.82. The van der Waals surface area contributed by atoms with Crippen LogP contribution in [0, 0.1) is 5.82 Å². The number of phenols is 1. The molecule has 9 nitrogen and oxygen atoms in total. The Kier molecular flexibility index (Phi) is 7.27. The molecule has 3 fully saturated rings.